The number of aromatic amines is 1. The standard InChI is InChI=1S/C22H25NO4/c1-12(2)9-22(21(26)27)10-13(3)18(19(14(22)4)20(24)25)16-11-23-17-8-6-5-7-15(16)17/h5-8,10-12,14,23H,9H2,1-4H3,(H,24,25)(H,26,27). The zero-order valence-electron chi connectivity index (χ0n) is 16.0. The fourth-order valence-electron chi connectivity index (χ4n) is 4.44. The Bertz CT molecular complexity index is 979. The number of aliphatic carboxylic acids is 2. The van der Waals surface area contributed by atoms with Crippen LogP contribution in [0.3, 0.4) is 0 Å². The number of nitrogens with one attached hydrogen (secondary N) is 1. The Kier molecular flexibility index (Phi) is 4.72. The third-order valence-corrected chi connectivity index (χ3v) is 5.58. The summed E-state index contributed by atoms with van der Waals surface area (Å²) in [5.74, 6) is -2.57. The molecule has 2 atom stereocenters. The Morgan fingerprint density at radius 1 is 1.22 bits per heavy atom. The summed E-state index contributed by atoms with van der Waals surface area (Å²) < 4.78 is 0. The molecule has 142 valence electrons. The van der Waals surface area contributed by atoms with Crippen LogP contribution in [0.25, 0.3) is 16.5 Å². The number of allylic oxidation sites excluding steroid dienone is 2. The second-order valence-electron chi connectivity index (χ2n) is 7.83. The number of carbonyl (C=O) groups is 2. The Hall–Kier alpha value is -2.82. The van der Waals surface area contributed by atoms with Crippen molar-refractivity contribution in [2.75, 3.05) is 0 Å². The minimum atomic E-state index is -1.22. The maximum atomic E-state index is 12.3. The molecular weight excluding hydrogens is 342 g/mol. The highest BCUT2D eigenvalue weighted by Gasteiger charge is 2.49. The number of para-hydroxylation sites is 1. The van der Waals surface area contributed by atoms with Crippen LogP contribution in [0.5, 0.6) is 0 Å². The largest absolute Gasteiger partial charge is 0.481 e. The summed E-state index contributed by atoms with van der Waals surface area (Å²) in [6, 6.07) is 7.70. The van der Waals surface area contributed by atoms with Gasteiger partial charge < -0.3 is 15.2 Å². The first kappa shape index (κ1) is 19.0. The van der Waals surface area contributed by atoms with Crippen LogP contribution >= 0.6 is 0 Å². The SMILES string of the molecule is CC1=CC(CC(C)C)(C(=O)O)C(C)C(C(=O)O)=C1c1c[nH]c2ccccc12. The summed E-state index contributed by atoms with van der Waals surface area (Å²) in [5.41, 5.74) is 1.98. The van der Waals surface area contributed by atoms with Gasteiger partial charge in [0.25, 0.3) is 0 Å². The smallest absolute Gasteiger partial charge is 0.332 e. The van der Waals surface area contributed by atoms with Crippen LogP contribution < -0.4 is 0 Å². The van der Waals surface area contributed by atoms with E-state index in [9.17, 15) is 19.8 Å². The average molecular weight is 367 g/mol. The van der Waals surface area contributed by atoms with Gasteiger partial charge in [0.2, 0.25) is 0 Å². The lowest BCUT2D eigenvalue weighted by atomic mass is 9.62. The van der Waals surface area contributed by atoms with E-state index in [2.05, 4.69) is 4.98 Å². The van der Waals surface area contributed by atoms with Crippen LogP contribution in [-0.2, 0) is 9.59 Å². The second kappa shape index (κ2) is 6.72. The van der Waals surface area contributed by atoms with Crippen molar-refractivity contribution in [1.82, 2.24) is 4.98 Å². The van der Waals surface area contributed by atoms with Gasteiger partial charge in [0.1, 0.15) is 0 Å². The Balaban J connectivity index is 2.29. The van der Waals surface area contributed by atoms with E-state index in [1.165, 1.54) is 0 Å². The van der Waals surface area contributed by atoms with Crippen molar-refractivity contribution >= 4 is 28.4 Å². The molecule has 0 saturated carbocycles. The Labute approximate surface area is 158 Å². The maximum absolute atomic E-state index is 12.3. The normalized spacial score (nSPS) is 23.0. The lowest BCUT2D eigenvalue weighted by molar-refractivity contribution is -0.149. The van der Waals surface area contributed by atoms with Crippen LogP contribution in [-0.4, -0.2) is 27.1 Å². The lowest BCUT2D eigenvalue weighted by Crippen LogP contribution is -2.42. The van der Waals surface area contributed by atoms with Crippen LogP contribution in [0.15, 0.2) is 47.7 Å². The van der Waals surface area contributed by atoms with Crippen LogP contribution in [0.1, 0.15) is 39.7 Å². The van der Waals surface area contributed by atoms with Gasteiger partial charge >= 0.3 is 11.9 Å². The van der Waals surface area contributed by atoms with Crippen molar-refractivity contribution in [3.63, 3.8) is 0 Å². The van der Waals surface area contributed by atoms with Crippen molar-refractivity contribution in [3.8, 4) is 0 Å². The van der Waals surface area contributed by atoms with Gasteiger partial charge in [-0.05, 0) is 36.5 Å². The zero-order chi connectivity index (χ0) is 19.9. The summed E-state index contributed by atoms with van der Waals surface area (Å²) in [4.78, 5) is 27.7. The maximum Gasteiger partial charge on any atom is 0.332 e. The van der Waals surface area contributed by atoms with Gasteiger partial charge in [-0.3, -0.25) is 4.79 Å². The first-order chi connectivity index (χ1) is 12.7. The minimum Gasteiger partial charge on any atom is -0.481 e. The molecule has 2 aromatic rings. The summed E-state index contributed by atoms with van der Waals surface area (Å²) >= 11 is 0. The van der Waals surface area contributed by atoms with Gasteiger partial charge in [0.15, 0.2) is 0 Å². The molecular formula is C22H25NO4. The number of carboxylic acid groups (broad SMARTS) is 2. The third-order valence-electron chi connectivity index (χ3n) is 5.58. The van der Waals surface area contributed by atoms with Crippen molar-refractivity contribution in [2.24, 2.45) is 17.3 Å². The third kappa shape index (κ3) is 2.97. The molecule has 0 aliphatic heterocycles. The van der Waals surface area contributed by atoms with E-state index in [0.29, 0.717) is 17.6 Å². The van der Waals surface area contributed by atoms with Crippen molar-refractivity contribution in [3.05, 3.63) is 53.2 Å². The predicted molar refractivity (Wildman–Crippen MR) is 105 cm³/mol. The van der Waals surface area contributed by atoms with Crippen LogP contribution in [0.2, 0.25) is 0 Å². The molecule has 0 bridgehead atoms. The Morgan fingerprint density at radius 3 is 2.48 bits per heavy atom. The van der Waals surface area contributed by atoms with E-state index >= 15 is 0 Å². The van der Waals surface area contributed by atoms with E-state index in [-0.39, 0.29) is 11.5 Å². The first-order valence-corrected chi connectivity index (χ1v) is 9.16. The molecule has 0 radical (unpaired) electrons. The molecule has 0 spiro atoms. The molecule has 1 aliphatic carbocycles. The van der Waals surface area contributed by atoms with Gasteiger partial charge in [-0.1, -0.05) is 45.0 Å². The van der Waals surface area contributed by atoms with E-state index in [0.717, 1.165) is 16.5 Å². The van der Waals surface area contributed by atoms with Gasteiger partial charge in [-0.25, -0.2) is 4.79 Å². The number of fused-ring (bicyclic) bond motifs is 1. The van der Waals surface area contributed by atoms with Crippen molar-refractivity contribution in [2.45, 2.75) is 34.1 Å². The summed E-state index contributed by atoms with van der Waals surface area (Å²) in [6.45, 7) is 7.45. The number of H-pyrrole nitrogens is 1. The molecule has 3 rings (SSSR count). The average Bonchev–Trinajstić information content (AvgIpc) is 3.00. The fourth-order valence-corrected chi connectivity index (χ4v) is 4.44. The number of benzene rings is 1. The number of hydrogen-bond acceptors (Lipinski definition) is 2. The predicted octanol–water partition coefficient (Wildman–Crippen LogP) is 4.72. The lowest BCUT2D eigenvalue weighted by Gasteiger charge is -2.39. The molecule has 1 aromatic heterocycles. The minimum absolute atomic E-state index is 0.122. The monoisotopic (exact) mass is 367 g/mol. The highest BCUT2D eigenvalue weighted by molar-refractivity contribution is 6.08. The Morgan fingerprint density at radius 2 is 1.89 bits per heavy atom. The summed E-state index contributed by atoms with van der Waals surface area (Å²) in [5, 5.41) is 21.0. The van der Waals surface area contributed by atoms with Crippen molar-refractivity contribution < 1.29 is 19.8 Å². The molecule has 27 heavy (non-hydrogen) atoms. The number of rotatable bonds is 5. The van der Waals surface area contributed by atoms with Gasteiger partial charge in [0.05, 0.1) is 5.41 Å². The zero-order valence-corrected chi connectivity index (χ0v) is 16.0. The van der Waals surface area contributed by atoms with Crippen LogP contribution in [0, 0.1) is 17.3 Å². The molecule has 5 heteroatoms. The number of carboxylic acids is 2. The van der Waals surface area contributed by atoms with E-state index in [4.69, 9.17) is 0 Å². The molecule has 1 aromatic carbocycles. The molecule has 3 N–H and O–H groups in total. The van der Waals surface area contributed by atoms with E-state index in [1.54, 1.807) is 13.0 Å². The van der Waals surface area contributed by atoms with Gasteiger partial charge in [-0.15, -0.1) is 0 Å². The van der Waals surface area contributed by atoms with E-state index < -0.39 is 23.3 Å². The van der Waals surface area contributed by atoms with Gasteiger partial charge in [-0.2, -0.15) is 0 Å². The second-order valence-corrected chi connectivity index (χ2v) is 7.83. The van der Waals surface area contributed by atoms with Gasteiger partial charge in [0, 0.05) is 34.2 Å². The quantitative estimate of drug-likeness (QED) is 0.713. The molecule has 0 fully saturated rings. The summed E-state index contributed by atoms with van der Waals surface area (Å²) in [7, 11) is 0. The topological polar surface area (TPSA) is 90.4 Å². The first-order valence-electron chi connectivity index (χ1n) is 9.16. The summed E-state index contributed by atoms with van der Waals surface area (Å²) in [6.07, 6.45) is 3.96. The highest BCUT2D eigenvalue weighted by atomic mass is 16.4. The molecule has 1 heterocycles. The number of aromatic nitrogens is 1. The van der Waals surface area contributed by atoms with Crippen LogP contribution in [0.4, 0.5) is 0 Å². The molecule has 0 saturated heterocycles. The molecule has 1 aliphatic rings. The highest BCUT2D eigenvalue weighted by Crippen LogP contribution is 2.50. The molecule has 5 nitrogen and oxygen atoms in total. The molecule has 0 amide bonds. The fraction of sp³-hybridized carbons (Fsp3) is 0.364. The molecule has 2 unspecified atom stereocenters. The number of hydrogen-bond donors (Lipinski definition) is 3. The van der Waals surface area contributed by atoms with E-state index in [1.807, 2.05) is 51.2 Å². The van der Waals surface area contributed by atoms with Crippen molar-refractivity contribution in [1.29, 1.82) is 0 Å².